The number of aromatic nitrogens is 2. The van der Waals surface area contributed by atoms with E-state index in [1.54, 1.807) is 12.4 Å². The zero-order valence-electron chi connectivity index (χ0n) is 11.0. The van der Waals surface area contributed by atoms with Crippen LogP contribution < -0.4 is 10.5 Å². The van der Waals surface area contributed by atoms with Crippen molar-refractivity contribution >= 4 is 13.6 Å². The summed E-state index contributed by atoms with van der Waals surface area (Å²) < 4.78 is 38.8. The third kappa shape index (κ3) is 10.3. The first-order chi connectivity index (χ1) is 10.3. The number of hydrogen-bond acceptors (Lipinski definition) is 5. The highest BCUT2D eigenvalue weighted by Crippen LogP contribution is 2.22. The standard InChI is InChI=1S/C8H6F3NO2.C3H4N2.BH2O2/c9-8(10,11)14-6-3-1-2-5(4-6)7(12)13;1-2-4-5-3-1;2-1-3/h1-4H,(H2,12,13);1-3H,(H,4,5);2-3H. The molecule has 0 unspecified atom stereocenters. The molecule has 1 aromatic carbocycles. The minimum Gasteiger partial charge on any atom is -0.429 e. The van der Waals surface area contributed by atoms with E-state index >= 15 is 0 Å². The molecule has 0 fully saturated rings. The van der Waals surface area contributed by atoms with Crippen molar-refractivity contribution in [1.29, 1.82) is 0 Å². The summed E-state index contributed by atoms with van der Waals surface area (Å²) in [6.45, 7) is 0. The Bertz CT molecular complexity index is 520. The average Bonchev–Trinajstić information content (AvgIpc) is 2.97. The van der Waals surface area contributed by atoms with Gasteiger partial charge in [0.2, 0.25) is 5.91 Å². The fourth-order valence-electron chi connectivity index (χ4n) is 1.06. The predicted octanol–water partition coefficient (Wildman–Crippen LogP) is 0.599. The van der Waals surface area contributed by atoms with Gasteiger partial charge < -0.3 is 20.5 Å². The Morgan fingerprint density at radius 3 is 2.32 bits per heavy atom. The Kier molecular flexibility index (Phi) is 9.06. The first kappa shape index (κ1) is 19.5. The van der Waals surface area contributed by atoms with Gasteiger partial charge in [0.1, 0.15) is 5.75 Å². The Labute approximate surface area is 123 Å². The molecule has 7 nitrogen and oxygen atoms in total. The third-order valence-electron chi connectivity index (χ3n) is 1.76. The number of hydrogen-bond donors (Lipinski definition) is 4. The summed E-state index contributed by atoms with van der Waals surface area (Å²) in [6.07, 6.45) is -1.31. The van der Waals surface area contributed by atoms with Crippen LogP contribution in [-0.4, -0.2) is 40.2 Å². The number of aromatic amines is 1. The number of H-pyrrole nitrogens is 1. The van der Waals surface area contributed by atoms with Gasteiger partial charge in [-0.05, 0) is 24.3 Å². The van der Waals surface area contributed by atoms with E-state index in [1.807, 2.05) is 6.07 Å². The van der Waals surface area contributed by atoms with Gasteiger partial charge in [-0.15, -0.1) is 13.2 Å². The van der Waals surface area contributed by atoms with Gasteiger partial charge in [0, 0.05) is 18.0 Å². The van der Waals surface area contributed by atoms with E-state index in [9.17, 15) is 18.0 Å². The van der Waals surface area contributed by atoms with E-state index in [4.69, 9.17) is 15.8 Å². The first-order valence-electron chi connectivity index (χ1n) is 5.49. The van der Waals surface area contributed by atoms with Gasteiger partial charge in [0.05, 0.1) is 0 Å². The van der Waals surface area contributed by atoms with Crippen LogP contribution in [0.15, 0.2) is 42.7 Å². The Hall–Kier alpha value is -2.53. The van der Waals surface area contributed by atoms with Crippen molar-refractivity contribution < 1.29 is 32.8 Å². The van der Waals surface area contributed by atoms with Gasteiger partial charge in [-0.1, -0.05) is 6.07 Å². The molecule has 0 aliphatic rings. The quantitative estimate of drug-likeness (QED) is 0.604. The molecule has 1 amide bonds. The zero-order valence-corrected chi connectivity index (χ0v) is 11.0. The Morgan fingerprint density at radius 2 is 1.95 bits per heavy atom. The number of rotatable bonds is 2. The van der Waals surface area contributed by atoms with Crippen LogP contribution in [0.2, 0.25) is 0 Å². The number of nitrogens with one attached hydrogen (secondary N) is 1. The van der Waals surface area contributed by atoms with Gasteiger partial charge in [-0.25, -0.2) is 0 Å². The summed E-state index contributed by atoms with van der Waals surface area (Å²) in [6, 6.07) is 6.39. The summed E-state index contributed by atoms with van der Waals surface area (Å²) >= 11 is 0. The fourth-order valence-corrected chi connectivity index (χ4v) is 1.06. The number of nitrogens with zero attached hydrogens (tertiary/aromatic N) is 1. The van der Waals surface area contributed by atoms with Crippen LogP contribution >= 0.6 is 0 Å². The van der Waals surface area contributed by atoms with Crippen molar-refractivity contribution in [3.05, 3.63) is 48.3 Å². The minimum atomic E-state index is -4.77. The molecule has 5 N–H and O–H groups in total. The van der Waals surface area contributed by atoms with Crippen LogP contribution in [0, 0.1) is 0 Å². The number of nitrogens with two attached hydrogens (primary N) is 1. The lowest BCUT2D eigenvalue weighted by molar-refractivity contribution is -0.274. The molecule has 0 aliphatic heterocycles. The highest BCUT2D eigenvalue weighted by atomic mass is 19.4. The number of carbonyl (C=O) groups is 1. The van der Waals surface area contributed by atoms with E-state index in [-0.39, 0.29) is 13.2 Å². The second-order valence-electron chi connectivity index (χ2n) is 3.32. The number of benzene rings is 1. The lowest BCUT2D eigenvalue weighted by atomic mass is 10.2. The number of carbonyl (C=O) groups excluding carboxylic acids is 1. The summed E-state index contributed by atoms with van der Waals surface area (Å²) in [5.74, 6) is -1.27. The van der Waals surface area contributed by atoms with Gasteiger partial charge in [-0.3, -0.25) is 9.89 Å². The Balaban J connectivity index is 0.000000451. The largest absolute Gasteiger partial charge is 0.573 e. The zero-order chi connectivity index (χ0) is 17.0. The predicted molar refractivity (Wildman–Crippen MR) is 70.4 cm³/mol. The van der Waals surface area contributed by atoms with Crippen LogP contribution in [0.4, 0.5) is 13.2 Å². The van der Waals surface area contributed by atoms with Crippen molar-refractivity contribution in [2.75, 3.05) is 0 Å². The second kappa shape index (κ2) is 10.2. The molecule has 0 saturated carbocycles. The SMILES string of the molecule is NC(=O)c1cccc(OC(F)(F)F)c1.O[B]O.c1cn[nH]c1. The smallest absolute Gasteiger partial charge is 0.429 e. The average molecular weight is 318 g/mol. The third-order valence-corrected chi connectivity index (χ3v) is 1.76. The van der Waals surface area contributed by atoms with E-state index < -0.39 is 18.0 Å². The van der Waals surface area contributed by atoms with Crippen LogP contribution in [0.3, 0.4) is 0 Å². The monoisotopic (exact) mass is 318 g/mol. The molecule has 119 valence electrons. The number of halogens is 3. The molecule has 1 heterocycles. The van der Waals surface area contributed by atoms with Crippen molar-refractivity contribution in [3.8, 4) is 5.75 Å². The molecule has 0 bridgehead atoms. The molecular formula is C11H12BF3N3O4. The van der Waals surface area contributed by atoms with Crippen LogP contribution in [0.1, 0.15) is 10.4 Å². The van der Waals surface area contributed by atoms with Crippen molar-refractivity contribution in [2.24, 2.45) is 5.73 Å². The molecule has 1 radical (unpaired) electrons. The topological polar surface area (TPSA) is 121 Å². The maximum Gasteiger partial charge on any atom is 0.573 e. The summed E-state index contributed by atoms with van der Waals surface area (Å²) in [7, 11) is 0. The highest BCUT2D eigenvalue weighted by Gasteiger charge is 2.31. The number of primary amides is 1. The van der Waals surface area contributed by atoms with E-state index in [1.165, 1.54) is 12.1 Å². The van der Waals surface area contributed by atoms with Gasteiger partial charge in [0.25, 0.3) is 0 Å². The van der Waals surface area contributed by atoms with Gasteiger partial charge in [-0.2, -0.15) is 5.10 Å². The lowest BCUT2D eigenvalue weighted by Crippen LogP contribution is -2.18. The molecule has 1 aromatic heterocycles. The number of ether oxygens (including phenoxy) is 1. The van der Waals surface area contributed by atoms with Crippen LogP contribution in [0.25, 0.3) is 0 Å². The van der Waals surface area contributed by atoms with Crippen LogP contribution in [0.5, 0.6) is 5.75 Å². The van der Waals surface area contributed by atoms with Crippen molar-refractivity contribution in [1.82, 2.24) is 10.2 Å². The molecule has 2 aromatic rings. The molecule has 11 heteroatoms. The minimum absolute atomic E-state index is 0. The molecule has 0 aliphatic carbocycles. The van der Waals surface area contributed by atoms with E-state index in [0.717, 1.165) is 12.1 Å². The molecule has 2 rings (SSSR count). The maximum atomic E-state index is 11.7. The fraction of sp³-hybridized carbons (Fsp3) is 0.0909. The highest BCUT2D eigenvalue weighted by molar-refractivity contribution is 6.13. The molecule has 22 heavy (non-hydrogen) atoms. The molecule has 0 spiro atoms. The summed E-state index contributed by atoms with van der Waals surface area (Å²) in [5.41, 5.74) is 4.84. The van der Waals surface area contributed by atoms with Crippen molar-refractivity contribution in [2.45, 2.75) is 6.36 Å². The summed E-state index contributed by atoms with van der Waals surface area (Å²) in [5, 5.41) is 20.2. The second-order valence-corrected chi connectivity index (χ2v) is 3.32. The molecule has 0 atom stereocenters. The van der Waals surface area contributed by atoms with Gasteiger partial charge >= 0.3 is 14.0 Å². The van der Waals surface area contributed by atoms with E-state index in [0.29, 0.717) is 0 Å². The summed E-state index contributed by atoms with van der Waals surface area (Å²) in [4.78, 5) is 10.6. The number of amides is 1. The number of alkyl halides is 3. The normalized spacial score (nSPS) is 9.50. The van der Waals surface area contributed by atoms with Crippen molar-refractivity contribution in [3.63, 3.8) is 0 Å². The molecule has 0 saturated heterocycles. The Morgan fingerprint density at radius 1 is 1.32 bits per heavy atom. The molecular weight excluding hydrogens is 306 g/mol. The van der Waals surface area contributed by atoms with E-state index in [2.05, 4.69) is 14.9 Å². The lowest BCUT2D eigenvalue weighted by Gasteiger charge is -2.08. The maximum absolute atomic E-state index is 11.7. The van der Waals surface area contributed by atoms with Crippen LogP contribution in [-0.2, 0) is 0 Å². The van der Waals surface area contributed by atoms with Gasteiger partial charge in [0.15, 0.2) is 0 Å². The first-order valence-corrected chi connectivity index (χ1v) is 5.49.